The summed E-state index contributed by atoms with van der Waals surface area (Å²) in [6, 6.07) is 12.4. The molecule has 2 aromatic rings. The van der Waals surface area contributed by atoms with Crippen molar-refractivity contribution in [3.05, 3.63) is 59.2 Å². The van der Waals surface area contributed by atoms with Crippen LogP contribution in [-0.4, -0.2) is 56.8 Å². The van der Waals surface area contributed by atoms with E-state index in [1.54, 1.807) is 42.2 Å². The predicted octanol–water partition coefficient (Wildman–Crippen LogP) is 2.46. The summed E-state index contributed by atoms with van der Waals surface area (Å²) in [4.78, 5) is 14.8. The number of hydrogen-bond donors (Lipinski definition) is 0. The molecule has 144 valence electrons. The minimum Gasteiger partial charge on any atom is -0.496 e. The van der Waals surface area contributed by atoms with Crippen LogP contribution in [0.2, 0.25) is 0 Å². The fourth-order valence-corrected chi connectivity index (χ4v) is 4.98. The van der Waals surface area contributed by atoms with Gasteiger partial charge in [-0.15, -0.1) is 0 Å². The first-order valence-corrected chi connectivity index (χ1v) is 10.3. The molecule has 0 atom stereocenters. The Balaban J connectivity index is 1.74. The van der Waals surface area contributed by atoms with Crippen LogP contribution in [0.15, 0.2) is 47.4 Å². The van der Waals surface area contributed by atoms with Gasteiger partial charge >= 0.3 is 0 Å². The van der Waals surface area contributed by atoms with E-state index < -0.39 is 10.0 Å². The van der Waals surface area contributed by atoms with Gasteiger partial charge in [-0.2, -0.15) is 4.31 Å². The Hall–Kier alpha value is -2.38. The van der Waals surface area contributed by atoms with E-state index >= 15 is 0 Å². The number of aryl methyl sites for hydroxylation is 2. The van der Waals surface area contributed by atoms with E-state index in [2.05, 4.69) is 0 Å². The lowest BCUT2D eigenvalue weighted by atomic mass is 10.1. The fraction of sp³-hybridized carbons (Fsp3) is 0.350. The topological polar surface area (TPSA) is 66.9 Å². The van der Waals surface area contributed by atoms with Gasteiger partial charge in [-0.1, -0.05) is 29.8 Å². The normalized spacial score (nSPS) is 15.6. The molecule has 0 radical (unpaired) electrons. The Morgan fingerprint density at radius 1 is 1.00 bits per heavy atom. The lowest BCUT2D eigenvalue weighted by Crippen LogP contribution is -2.50. The number of carbonyl (C=O) groups excluding carboxylic acids is 1. The first-order valence-electron chi connectivity index (χ1n) is 8.84. The van der Waals surface area contributed by atoms with E-state index in [1.807, 2.05) is 19.1 Å². The van der Waals surface area contributed by atoms with Crippen LogP contribution in [0, 0.1) is 13.8 Å². The molecule has 0 spiro atoms. The summed E-state index contributed by atoms with van der Waals surface area (Å²) in [7, 11) is -2.04. The number of benzene rings is 2. The van der Waals surface area contributed by atoms with E-state index in [9.17, 15) is 13.2 Å². The number of methoxy groups -OCH3 is 1. The molecular formula is C20H24N2O4S. The molecule has 27 heavy (non-hydrogen) atoms. The van der Waals surface area contributed by atoms with Gasteiger partial charge in [-0.3, -0.25) is 4.79 Å². The number of amides is 1. The van der Waals surface area contributed by atoms with Crippen LogP contribution in [-0.2, 0) is 10.0 Å². The van der Waals surface area contributed by atoms with Crippen molar-refractivity contribution in [1.82, 2.24) is 9.21 Å². The summed E-state index contributed by atoms with van der Waals surface area (Å²) in [5.41, 5.74) is 2.26. The molecule has 0 aromatic heterocycles. The highest BCUT2D eigenvalue weighted by Crippen LogP contribution is 2.24. The zero-order valence-corrected chi connectivity index (χ0v) is 16.6. The van der Waals surface area contributed by atoms with E-state index in [0.717, 1.165) is 11.1 Å². The molecule has 0 N–H and O–H groups in total. The monoisotopic (exact) mass is 388 g/mol. The summed E-state index contributed by atoms with van der Waals surface area (Å²) < 4.78 is 32.7. The Morgan fingerprint density at radius 2 is 1.67 bits per heavy atom. The Morgan fingerprint density at radius 3 is 2.30 bits per heavy atom. The van der Waals surface area contributed by atoms with Crippen molar-refractivity contribution in [2.45, 2.75) is 18.7 Å². The molecule has 0 unspecified atom stereocenters. The number of para-hydroxylation sites is 1. The van der Waals surface area contributed by atoms with Crippen molar-refractivity contribution >= 4 is 15.9 Å². The fourth-order valence-electron chi connectivity index (χ4n) is 3.35. The van der Waals surface area contributed by atoms with Gasteiger partial charge in [0.15, 0.2) is 0 Å². The van der Waals surface area contributed by atoms with Gasteiger partial charge in [0.25, 0.3) is 5.91 Å². The van der Waals surface area contributed by atoms with E-state index in [0.29, 0.717) is 29.3 Å². The van der Waals surface area contributed by atoms with Crippen LogP contribution < -0.4 is 4.74 Å². The van der Waals surface area contributed by atoms with Crippen LogP contribution in [0.25, 0.3) is 0 Å². The van der Waals surface area contributed by atoms with Gasteiger partial charge in [0, 0.05) is 26.2 Å². The third kappa shape index (κ3) is 3.84. The number of carbonyl (C=O) groups is 1. The van der Waals surface area contributed by atoms with Gasteiger partial charge in [-0.05, 0) is 37.6 Å². The Kier molecular flexibility index (Phi) is 5.53. The zero-order valence-electron chi connectivity index (χ0n) is 15.8. The molecule has 1 fully saturated rings. The molecule has 0 saturated carbocycles. The van der Waals surface area contributed by atoms with Gasteiger partial charge in [-0.25, -0.2) is 8.42 Å². The van der Waals surface area contributed by atoms with E-state index in [4.69, 9.17) is 4.74 Å². The standard InChI is InChI=1S/C20H24N2O4S/c1-15-8-9-19(16(2)14-15)27(24,25)22-12-10-21(11-13-22)20(23)17-6-4-5-7-18(17)26-3/h4-9,14H,10-13H2,1-3H3. The first-order chi connectivity index (χ1) is 12.8. The lowest BCUT2D eigenvalue weighted by Gasteiger charge is -2.34. The third-order valence-electron chi connectivity index (χ3n) is 4.81. The van der Waals surface area contributed by atoms with Crippen molar-refractivity contribution in [2.75, 3.05) is 33.3 Å². The zero-order chi connectivity index (χ0) is 19.6. The summed E-state index contributed by atoms with van der Waals surface area (Å²) in [5.74, 6) is 0.379. The van der Waals surface area contributed by atoms with Gasteiger partial charge < -0.3 is 9.64 Å². The number of ether oxygens (including phenoxy) is 1. The maximum atomic E-state index is 13.0. The molecule has 3 rings (SSSR count). The number of rotatable bonds is 4. The number of piperazine rings is 1. The number of hydrogen-bond acceptors (Lipinski definition) is 4. The summed E-state index contributed by atoms with van der Waals surface area (Å²) in [5, 5.41) is 0. The second-order valence-electron chi connectivity index (χ2n) is 6.67. The average molecular weight is 388 g/mol. The summed E-state index contributed by atoms with van der Waals surface area (Å²) in [6.07, 6.45) is 0. The highest BCUT2D eigenvalue weighted by atomic mass is 32.2. The SMILES string of the molecule is COc1ccccc1C(=O)N1CCN(S(=O)(=O)c2ccc(C)cc2C)CC1. The molecule has 1 aliphatic rings. The van der Waals surface area contributed by atoms with Crippen molar-refractivity contribution < 1.29 is 17.9 Å². The molecule has 2 aromatic carbocycles. The van der Waals surface area contributed by atoms with Gasteiger partial charge in [0.2, 0.25) is 10.0 Å². The average Bonchev–Trinajstić information content (AvgIpc) is 2.67. The van der Waals surface area contributed by atoms with Crippen molar-refractivity contribution in [3.63, 3.8) is 0 Å². The summed E-state index contributed by atoms with van der Waals surface area (Å²) in [6.45, 7) is 4.99. The van der Waals surface area contributed by atoms with Crippen molar-refractivity contribution in [2.24, 2.45) is 0 Å². The molecule has 6 nitrogen and oxygen atoms in total. The first kappa shape index (κ1) is 19.4. The second kappa shape index (κ2) is 7.70. The number of nitrogens with zero attached hydrogens (tertiary/aromatic N) is 2. The van der Waals surface area contributed by atoms with E-state index in [-0.39, 0.29) is 19.0 Å². The molecule has 1 aliphatic heterocycles. The molecule has 1 amide bonds. The Labute approximate surface area is 160 Å². The van der Waals surface area contributed by atoms with Crippen LogP contribution in [0.3, 0.4) is 0 Å². The minimum atomic E-state index is -3.57. The highest BCUT2D eigenvalue weighted by molar-refractivity contribution is 7.89. The van der Waals surface area contributed by atoms with Crippen LogP contribution in [0.5, 0.6) is 5.75 Å². The highest BCUT2D eigenvalue weighted by Gasteiger charge is 2.31. The second-order valence-corrected chi connectivity index (χ2v) is 8.57. The van der Waals surface area contributed by atoms with Gasteiger partial charge in [0.05, 0.1) is 17.6 Å². The molecule has 7 heteroatoms. The smallest absolute Gasteiger partial charge is 0.257 e. The molecule has 1 saturated heterocycles. The molecule has 1 heterocycles. The summed E-state index contributed by atoms with van der Waals surface area (Å²) >= 11 is 0. The molecule has 0 bridgehead atoms. The predicted molar refractivity (Wildman–Crippen MR) is 104 cm³/mol. The van der Waals surface area contributed by atoms with E-state index in [1.165, 1.54) is 11.4 Å². The minimum absolute atomic E-state index is 0.143. The molecular weight excluding hydrogens is 364 g/mol. The van der Waals surface area contributed by atoms with Crippen molar-refractivity contribution in [1.29, 1.82) is 0 Å². The largest absolute Gasteiger partial charge is 0.496 e. The van der Waals surface area contributed by atoms with Crippen LogP contribution >= 0.6 is 0 Å². The number of sulfonamides is 1. The third-order valence-corrected chi connectivity index (χ3v) is 6.87. The lowest BCUT2D eigenvalue weighted by molar-refractivity contribution is 0.0694. The maximum Gasteiger partial charge on any atom is 0.257 e. The van der Waals surface area contributed by atoms with Crippen LogP contribution in [0.4, 0.5) is 0 Å². The van der Waals surface area contributed by atoms with Crippen LogP contribution in [0.1, 0.15) is 21.5 Å². The van der Waals surface area contributed by atoms with Crippen molar-refractivity contribution in [3.8, 4) is 5.75 Å². The van der Waals surface area contributed by atoms with Gasteiger partial charge in [0.1, 0.15) is 5.75 Å². The Bertz CT molecular complexity index is 948. The quantitative estimate of drug-likeness (QED) is 0.807. The maximum absolute atomic E-state index is 13.0. The molecule has 0 aliphatic carbocycles.